The molecule has 0 fully saturated rings. The van der Waals surface area contributed by atoms with Crippen molar-refractivity contribution in [3.05, 3.63) is 97.2 Å². The van der Waals surface area contributed by atoms with Crippen molar-refractivity contribution in [2.45, 2.75) is 46.1 Å². The number of ether oxygens (including phenoxy) is 1. The van der Waals surface area contributed by atoms with Crippen molar-refractivity contribution in [3.8, 4) is 16.9 Å². The van der Waals surface area contributed by atoms with Gasteiger partial charge in [-0.2, -0.15) is 0 Å². The van der Waals surface area contributed by atoms with Gasteiger partial charge in [0.05, 0.1) is 9.17 Å². The first-order chi connectivity index (χ1) is 18.2. The molecule has 6 heteroatoms. The summed E-state index contributed by atoms with van der Waals surface area (Å²) >= 11 is 9.47. The highest BCUT2D eigenvalue weighted by atomic mass is 79.9. The van der Waals surface area contributed by atoms with Crippen molar-refractivity contribution >= 4 is 70.0 Å². The molecule has 5 rings (SSSR count). The van der Waals surface area contributed by atoms with Gasteiger partial charge < -0.3 is 9.84 Å². The highest BCUT2D eigenvalue weighted by Crippen LogP contribution is 2.49. The average Bonchev–Trinajstić information content (AvgIpc) is 3.19. The number of aliphatic carboxylic acids is 1. The van der Waals surface area contributed by atoms with Crippen LogP contribution in [0.4, 0.5) is 0 Å². The van der Waals surface area contributed by atoms with Crippen LogP contribution >= 0.6 is 43.2 Å². The van der Waals surface area contributed by atoms with Gasteiger partial charge in [-0.3, -0.25) is 0 Å². The summed E-state index contributed by atoms with van der Waals surface area (Å²) in [4.78, 5) is 13.5. The lowest BCUT2D eigenvalue weighted by molar-refractivity contribution is -0.145. The van der Waals surface area contributed by atoms with E-state index in [1.165, 1.54) is 36.9 Å². The molecule has 194 valence electrons. The average molecular weight is 652 g/mol. The van der Waals surface area contributed by atoms with Crippen LogP contribution in [0.25, 0.3) is 32.0 Å². The zero-order valence-electron chi connectivity index (χ0n) is 21.6. The molecule has 0 bridgehead atoms. The van der Waals surface area contributed by atoms with Crippen LogP contribution in [0.3, 0.4) is 0 Å². The smallest absolute Gasteiger partial charge is 0.345 e. The van der Waals surface area contributed by atoms with E-state index >= 15 is 0 Å². The zero-order chi connectivity index (χ0) is 27.1. The Labute approximate surface area is 243 Å². The first-order valence-electron chi connectivity index (χ1n) is 12.5. The third-order valence-electron chi connectivity index (χ3n) is 7.05. The number of carboxylic acids is 1. The van der Waals surface area contributed by atoms with Gasteiger partial charge in [0.1, 0.15) is 5.75 Å². The van der Waals surface area contributed by atoms with E-state index in [0.717, 1.165) is 25.6 Å². The van der Waals surface area contributed by atoms with Crippen LogP contribution in [-0.2, 0) is 11.2 Å². The molecule has 38 heavy (non-hydrogen) atoms. The molecule has 0 spiro atoms. The number of hydrogen-bond acceptors (Lipinski definition) is 3. The molecule has 0 aliphatic rings. The van der Waals surface area contributed by atoms with Gasteiger partial charge in [-0.05, 0) is 102 Å². The largest absolute Gasteiger partial charge is 0.478 e. The van der Waals surface area contributed by atoms with Crippen LogP contribution in [0.5, 0.6) is 5.75 Å². The number of rotatable bonds is 7. The third-order valence-corrected chi connectivity index (χ3v) is 9.95. The number of carbonyl (C=O) groups is 1. The van der Waals surface area contributed by atoms with Crippen molar-refractivity contribution in [2.75, 3.05) is 0 Å². The van der Waals surface area contributed by atoms with Crippen LogP contribution in [-0.4, -0.2) is 17.2 Å². The minimum Gasteiger partial charge on any atom is -0.478 e. The van der Waals surface area contributed by atoms with E-state index in [9.17, 15) is 9.90 Å². The normalized spacial score (nSPS) is 12.4. The Hall–Kier alpha value is -2.67. The monoisotopic (exact) mass is 650 g/mol. The van der Waals surface area contributed by atoms with E-state index < -0.39 is 12.1 Å². The second-order valence-electron chi connectivity index (χ2n) is 9.89. The van der Waals surface area contributed by atoms with Gasteiger partial charge in [0, 0.05) is 21.2 Å². The predicted molar refractivity (Wildman–Crippen MR) is 166 cm³/mol. The molecule has 1 N–H and O–H groups in total. The Morgan fingerprint density at radius 2 is 1.63 bits per heavy atom. The molecule has 3 nitrogen and oxygen atoms in total. The maximum Gasteiger partial charge on any atom is 0.345 e. The Kier molecular flexibility index (Phi) is 7.67. The van der Waals surface area contributed by atoms with Gasteiger partial charge in [-0.25, -0.2) is 4.79 Å². The highest BCUT2D eigenvalue weighted by Gasteiger charge is 2.26. The predicted octanol–water partition coefficient (Wildman–Crippen LogP) is 10.1. The van der Waals surface area contributed by atoms with Gasteiger partial charge >= 0.3 is 5.97 Å². The number of hydrogen-bond donors (Lipinski definition) is 1. The van der Waals surface area contributed by atoms with E-state index in [2.05, 4.69) is 96.0 Å². The molecule has 0 saturated carbocycles. The van der Waals surface area contributed by atoms with Crippen LogP contribution in [0, 0.1) is 13.8 Å². The maximum atomic E-state index is 12.2. The molecule has 1 unspecified atom stereocenters. The lowest BCUT2D eigenvalue weighted by Gasteiger charge is -2.22. The molecule has 0 amide bonds. The lowest BCUT2D eigenvalue weighted by Crippen LogP contribution is -2.30. The van der Waals surface area contributed by atoms with Crippen molar-refractivity contribution < 1.29 is 14.6 Å². The number of halogens is 2. The Bertz CT molecular complexity index is 1670. The van der Waals surface area contributed by atoms with Crippen molar-refractivity contribution in [1.29, 1.82) is 0 Å². The standard InChI is InChI=1S/C32H28Br2O3S/c1-17(2)24-15-21(16-25(33)30(24)37-26(32(35)36)14-20-10-6-5-7-11-20)28-22-12-8-9-13-23(22)29(34)31-27(28)18(3)19(4)38-31/h5-13,15-17,26H,14H2,1-4H3,(H,35,36). The molecular formula is C32H28Br2O3S. The van der Waals surface area contributed by atoms with Crippen molar-refractivity contribution in [1.82, 2.24) is 0 Å². The molecule has 0 radical (unpaired) electrons. The second kappa shape index (κ2) is 10.8. The van der Waals surface area contributed by atoms with Gasteiger partial charge in [0.25, 0.3) is 0 Å². The molecule has 0 aliphatic carbocycles. The van der Waals surface area contributed by atoms with Gasteiger partial charge in [0.15, 0.2) is 6.10 Å². The Morgan fingerprint density at radius 1 is 0.974 bits per heavy atom. The number of fused-ring (bicyclic) bond motifs is 2. The minimum absolute atomic E-state index is 0.120. The Balaban J connectivity index is 1.70. The number of benzene rings is 4. The summed E-state index contributed by atoms with van der Waals surface area (Å²) in [6.07, 6.45) is -0.716. The summed E-state index contributed by atoms with van der Waals surface area (Å²) in [6.45, 7) is 8.59. The first kappa shape index (κ1) is 26.9. The van der Waals surface area contributed by atoms with Crippen LogP contribution in [0.2, 0.25) is 0 Å². The molecule has 0 saturated heterocycles. The number of thiophene rings is 1. The van der Waals surface area contributed by atoms with E-state index in [-0.39, 0.29) is 12.3 Å². The van der Waals surface area contributed by atoms with Crippen LogP contribution < -0.4 is 4.74 Å². The lowest BCUT2D eigenvalue weighted by atomic mass is 9.90. The minimum atomic E-state index is -1.00. The summed E-state index contributed by atoms with van der Waals surface area (Å²) in [6, 6.07) is 22.3. The number of aryl methyl sites for hydroxylation is 2. The SMILES string of the molecule is Cc1sc2c(Br)c3ccccc3c(-c3cc(Br)c(OC(Cc4ccccc4)C(=O)O)c(C(C)C)c3)c2c1C. The van der Waals surface area contributed by atoms with E-state index in [1.54, 1.807) is 0 Å². The molecule has 4 aromatic carbocycles. The molecule has 1 atom stereocenters. The summed E-state index contributed by atoms with van der Waals surface area (Å²) in [5, 5.41) is 13.6. The van der Waals surface area contributed by atoms with E-state index in [1.807, 2.05) is 41.7 Å². The van der Waals surface area contributed by atoms with Crippen LogP contribution in [0.1, 0.15) is 41.3 Å². The maximum absolute atomic E-state index is 12.2. The zero-order valence-corrected chi connectivity index (χ0v) is 25.6. The van der Waals surface area contributed by atoms with Crippen molar-refractivity contribution in [3.63, 3.8) is 0 Å². The van der Waals surface area contributed by atoms with Gasteiger partial charge in [-0.15, -0.1) is 11.3 Å². The molecule has 0 aliphatic heterocycles. The molecule has 5 aromatic rings. The third kappa shape index (κ3) is 4.90. The highest BCUT2D eigenvalue weighted by molar-refractivity contribution is 9.11. The second-order valence-corrected chi connectivity index (χ2v) is 12.8. The fourth-order valence-electron chi connectivity index (χ4n) is 4.99. The van der Waals surface area contributed by atoms with Crippen LogP contribution in [0.15, 0.2) is 75.7 Å². The molecule has 1 aromatic heterocycles. The van der Waals surface area contributed by atoms with Gasteiger partial charge in [-0.1, -0.05) is 68.4 Å². The summed E-state index contributed by atoms with van der Waals surface area (Å²) in [5.41, 5.74) is 5.44. The summed E-state index contributed by atoms with van der Waals surface area (Å²) in [7, 11) is 0. The van der Waals surface area contributed by atoms with E-state index in [0.29, 0.717) is 5.75 Å². The fraction of sp³-hybridized carbons (Fsp3) is 0.219. The van der Waals surface area contributed by atoms with E-state index in [4.69, 9.17) is 4.74 Å². The summed E-state index contributed by atoms with van der Waals surface area (Å²) < 4.78 is 9.38. The van der Waals surface area contributed by atoms with Crippen molar-refractivity contribution in [2.24, 2.45) is 0 Å². The molecule has 1 heterocycles. The topological polar surface area (TPSA) is 46.5 Å². The number of carboxylic acid groups (broad SMARTS) is 1. The quantitative estimate of drug-likeness (QED) is 0.190. The molecular weight excluding hydrogens is 624 g/mol. The fourth-order valence-corrected chi connectivity index (χ4v) is 7.47. The Morgan fingerprint density at radius 3 is 2.29 bits per heavy atom. The first-order valence-corrected chi connectivity index (χ1v) is 14.9. The summed E-state index contributed by atoms with van der Waals surface area (Å²) in [5.74, 6) is -0.276. The van der Waals surface area contributed by atoms with Gasteiger partial charge in [0.2, 0.25) is 0 Å².